The van der Waals surface area contributed by atoms with E-state index in [0.29, 0.717) is 0 Å². The molecular weight excluding hydrogens is 329 g/mol. The van der Waals surface area contributed by atoms with E-state index in [0.717, 1.165) is 0 Å². The largest absolute Gasteiger partial charge is 3.00 e. The molecule has 3 nitrogen and oxygen atoms in total. The second-order valence-corrected chi connectivity index (χ2v) is 0. The van der Waals surface area contributed by atoms with Gasteiger partial charge in [0.25, 0.3) is 0 Å². The van der Waals surface area contributed by atoms with E-state index in [2.05, 4.69) is 0 Å². The van der Waals surface area contributed by atoms with E-state index in [-0.39, 0.29) is 99.5 Å². The Kier molecular flexibility index (Phi) is 296. The van der Waals surface area contributed by atoms with Crippen LogP contribution in [0.3, 0.4) is 0 Å². The molecule has 0 radical (unpaired) electrons. The molecule has 0 amide bonds. The molecule has 0 atom stereocenters. The molecule has 0 rings (SSSR count). The van der Waals surface area contributed by atoms with Crippen LogP contribution in [0.2, 0.25) is 0 Å². The topological polar surface area (TPSA) is 90.0 Å². The Bertz CT molecular complexity index is 6.85. The maximum absolute atomic E-state index is 0. The molecule has 0 fully saturated rings. The van der Waals surface area contributed by atoms with E-state index in [1.807, 2.05) is 0 Å². The second-order valence-electron chi connectivity index (χ2n) is 0. The second kappa shape index (κ2) is 30.5. The monoisotopic (exact) mass is 332 g/mol. The molecule has 0 unspecified atom stereocenters. The fraction of sp³-hybridized carbons (Fsp3) is 0. The summed E-state index contributed by atoms with van der Waals surface area (Å²) >= 11 is 0. The molecule has 0 aliphatic carbocycles. The first-order valence-electron chi connectivity index (χ1n) is 0. The Morgan fingerprint density at radius 3 is 0.600 bits per heavy atom. The van der Waals surface area contributed by atoms with Gasteiger partial charge < -0.3 is 16.4 Å². The molecule has 0 aromatic carbocycles. The van der Waals surface area contributed by atoms with Crippen LogP contribution in [0.25, 0.3) is 0 Å². The van der Waals surface area contributed by atoms with E-state index in [1.54, 1.807) is 0 Å². The predicted molar refractivity (Wildman–Crippen MR) is 5.81 cm³/mol. The Labute approximate surface area is 97.1 Å². The molecule has 0 aliphatic heterocycles. The van der Waals surface area contributed by atoms with E-state index >= 15 is 0 Å². The summed E-state index contributed by atoms with van der Waals surface area (Å²) < 4.78 is 0. The molecule has 5 heteroatoms. The maximum atomic E-state index is 0. The van der Waals surface area contributed by atoms with Crippen molar-refractivity contribution in [1.29, 1.82) is 0 Å². The van der Waals surface area contributed by atoms with Crippen LogP contribution in [-0.4, -0.2) is 16.4 Å². The number of rotatable bonds is 0. The van der Waals surface area contributed by atoms with Gasteiger partial charge in [-0.1, -0.05) is 0 Å². The third kappa shape index (κ3) is 20.6. The van der Waals surface area contributed by atoms with Gasteiger partial charge in [0, 0.05) is 41.7 Å². The summed E-state index contributed by atoms with van der Waals surface area (Å²) in [6.45, 7) is 0. The van der Waals surface area contributed by atoms with Gasteiger partial charge in [-0.3, -0.25) is 0 Å². The first-order chi connectivity index (χ1) is 0. The molecule has 3 N–H and O–H groups in total. The van der Waals surface area contributed by atoms with Crippen LogP contribution < -0.4 is 0 Å². The van der Waals surface area contributed by atoms with E-state index in [1.165, 1.54) is 0 Å². The maximum Gasteiger partial charge on any atom is 3.00 e. The SMILES string of the molecule is [Ce].[OH-].[OH-].[OH-].[Pr+3]. The quantitative estimate of drug-likeness (QED) is 0.597. The van der Waals surface area contributed by atoms with Crippen LogP contribution in [-0.2, 0) is 0 Å². The molecule has 28 valence electrons. The van der Waals surface area contributed by atoms with Crippen LogP contribution in [0, 0.1) is 83.0 Å². The Balaban J connectivity index is 0. The van der Waals surface area contributed by atoms with Crippen molar-refractivity contribution >= 4 is 0 Å². The summed E-state index contributed by atoms with van der Waals surface area (Å²) in [5, 5.41) is 0. The molecule has 0 bridgehead atoms. The summed E-state index contributed by atoms with van der Waals surface area (Å²) in [6, 6.07) is 0. The average Bonchev–Trinajstić information content (AvgIpc) is 0. The van der Waals surface area contributed by atoms with E-state index < -0.39 is 0 Å². The molecule has 0 heterocycles. The predicted octanol–water partition coefficient (Wildman–Crippen LogP) is -0.530. The Morgan fingerprint density at radius 2 is 0.600 bits per heavy atom. The Hall–Kier alpha value is 2.62. The van der Waals surface area contributed by atoms with E-state index in [4.69, 9.17) is 0 Å². The van der Waals surface area contributed by atoms with Crippen molar-refractivity contribution in [3.05, 3.63) is 0 Å². The Morgan fingerprint density at radius 1 is 0.600 bits per heavy atom. The van der Waals surface area contributed by atoms with Crippen molar-refractivity contribution in [2.45, 2.75) is 0 Å². The van der Waals surface area contributed by atoms with Gasteiger partial charge in [-0.25, -0.2) is 0 Å². The van der Waals surface area contributed by atoms with Crippen LogP contribution in [0.4, 0.5) is 0 Å². The van der Waals surface area contributed by atoms with Gasteiger partial charge in [0.15, 0.2) is 0 Å². The number of hydrogen-bond acceptors (Lipinski definition) is 3. The first kappa shape index (κ1) is 48.6. The molecule has 0 aromatic heterocycles. The zero-order chi connectivity index (χ0) is 0. The standard InChI is InChI=1S/Ce.3H2O.Pr/h;3*1H2;/q;;;;+3/p-3. The van der Waals surface area contributed by atoms with Gasteiger partial charge in [-0.05, 0) is 0 Å². The van der Waals surface area contributed by atoms with Gasteiger partial charge in [-0.2, -0.15) is 0 Å². The van der Waals surface area contributed by atoms with Crippen molar-refractivity contribution in [2.75, 3.05) is 0 Å². The minimum absolute atomic E-state index is 0. The molecule has 5 heavy (non-hydrogen) atoms. The van der Waals surface area contributed by atoms with Crippen molar-refractivity contribution in [1.82, 2.24) is 0 Å². The van der Waals surface area contributed by atoms with Crippen molar-refractivity contribution in [3.8, 4) is 0 Å². The van der Waals surface area contributed by atoms with Crippen LogP contribution in [0.1, 0.15) is 0 Å². The normalized spacial score (nSPS) is 0. The molecule has 0 saturated heterocycles. The fourth-order valence-electron chi connectivity index (χ4n) is 0. The van der Waals surface area contributed by atoms with Crippen LogP contribution >= 0.6 is 0 Å². The minimum Gasteiger partial charge on any atom is -0.870 e. The van der Waals surface area contributed by atoms with Crippen molar-refractivity contribution < 1.29 is 99.5 Å². The summed E-state index contributed by atoms with van der Waals surface area (Å²) in [5.41, 5.74) is 0. The molecule has 0 saturated carbocycles. The van der Waals surface area contributed by atoms with E-state index in [9.17, 15) is 0 Å². The molecule has 0 spiro atoms. The third-order valence-corrected chi connectivity index (χ3v) is 0. The zero-order valence-corrected chi connectivity index (χ0v) is 9.26. The molecule has 0 aliphatic rings. The van der Waals surface area contributed by atoms with Gasteiger partial charge >= 0.3 is 41.3 Å². The molecular formula is H3CeO3Pr. The average molecular weight is 332 g/mol. The smallest absolute Gasteiger partial charge is 0.870 e. The van der Waals surface area contributed by atoms with Crippen LogP contribution in [0.15, 0.2) is 0 Å². The summed E-state index contributed by atoms with van der Waals surface area (Å²) in [5.74, 6) is 0. The van der Waals surface area contributed by atoms with Gasteiger partial charge in [0.1, 0.15) is 0 Å². The number of hydrogen-bond donors (Lipinski definition) is 0. The molecule has 0 aromatic rings. The minimum atomic E-state index is 0. The van der Waals surface area contributed by atoms with Gasteiger partial charge in [0.2, 0.25) is 0 Å². The zero-order valence-electron chi connectivity index (χ0n) is 2.42. The van der Waals surface area contributed by atoms with Gasteiger partial charge in [0.05, 0.1) is 0 Å². The van der Waals surface area contributed by atoms with Gasteiger partial charge in [-0.15, -0.1) is 0 Å². The first-order valence-corrected chi connectivity index (χ1v) is 0. The van der Waals surface area contributed by atoms with Crippen molar-refractivity contribution in [3.63, 3.8) is 0 Å². The third-order valence-electron chi connectivity index (χ3n) is 0. The van der Waals surface area contributed by atoms with Crippen molar-refractivity contribution in [2.24, 2.45) is 0 Å². The fourth-order valence-corrected chi connectivity index (χ4v) is 0. The summed E-state index contributed by atoms with van der Waals surface area (Å²) in [4.78, 5) is 0. The summed E-state index contributed by atoms with van der Waals surface area (Å²) in [6.07, 6.45) is 0. The van der Waals surface area contributed by atoms with Crippen LogP contribution in [0.5, 0.6) is 0 Å². The summed E-state index contributed by atoms with van der Waals surface area (Å²) in [7, 11) is 0.